The maximum absolute atomic E-state index is 12.5. The van der Waals surface area contributed by atoms with Crippen molar-refractivity contribution in [2.24, 2.45) is 0 Å². The maximum atomic E-state index is 12.5. The van der Waals surface area contributed by atoms with Gasteiger partial charge in [0, 0.05) is 6.54 Å². The van der Waals surface area contributed by atoms with Crippen LogP contribution in [0.3, 0.4) is 0 Å². The lowest BCUT2D eigenvalue weighted by Gasteiger charge is -2.20. The highest BCUT2D eigenvalue weighted by Gasteiger charge is 2.33. The fraction of sp³-hybridized carbons (Fsp3) is 0.308. The van der Waals surface area contributed by atoms with Crippen molar-refractivity contribution in [1.82, 2.24) is 4.31 Å². The highest BCUT2D eigenvalue weighted by atomic mass is 32.2. The first-order valence-electron chi connectivity index (χ1n) is 5.84. The third kappa shape index (κ3) is 2.49. The Morgan fingerprint density at radius 3 is 2.47 bits per heavy atom. The van der Waals surface area contributed by atoms with Crippen molar-refractivity contribution in [2.45, 2.75) is 18.2 Å². The molecule has 1 heterocycles. The van der Waals surface area contributed by atoms with Gasteiger partial charge in [0.25, 0.3) is 10.0 Å². The second-order valence-electron chi connectivity index (χ2n) is 4.26. The highest BCUT2D eigenvalue weighted by Crippen LogP contribution is 2.25. The van der Waals surface area contributed by atoms with E-state index < -0.39 is 16.0 Å². The molecule has 0 N–H and O–H groups in total. The number of hydrogen-bond donors (Lipinski definition) is 0. The van der Waals surface area contributed by atoms with Crippen LogP contribution >= 0.6 is 0 Å². The summed E-state index contributed by atoms with van der Waals surface area (Å²) in [6, 6.07) is 6.53. The molecule has 0 bridgehead atoms. The summed E-state index contributed by atoms with van der Waals surface area (Å²) in [6.07, 6.45) is 2.09. The van der Waals surface area contributed by atoms with Crippen LogP contribution in [-0.4, -0.2) is 32.3 Å². The van der Waals surface area contributed by atoms with Gasteiger partial charge in [-0.15, -0.1) is 0 Å². The zero-order valence-corrected chi connectivity index (χ0v) is 11.6. The number of esters is 1. The van der Waals surface area contributed by atoms with E-state index in [1.54, 1.807) is 18.2 Å². The van der Waals surface area contributed by atoms with E-state index in [4.69, 9.17) is 0 Å². The van der Waals surface area contributed by atoms with Crippen molar-refractivity contribution in [1.29, 1.82) is 0 Å². The van der Waals surface area contributed by atoms with E-state index in [0.717, 1.165) is 9.87 Å². The van der Waals surface area contributed by atoms with Gasteiger partial charge in [0.1, 0.15) is 5.70 Å². The Bertz CT molecular complexity index is 617. The molecule has 5 nitrogen and oxygen atoms in total. The summed E-state index contributed by atoms with van der Waals surface area (Å²) in [5, 5.41) is 0. The number of nitrogens with zero attached hydrogens (tertiary/aromatic N) is 1. The zero-order valence-electron chi connectivity index (χ0n) is 10.8. The van der Waals surface area contributed by atoms with Crippen molar-refractivity contribution < 1.29 is 17.9 Å². The van der Waals surface area contributed by atoms with Crippen LogP contribution < -0.4 is 0 Å². The van der Waals surface area contributed by atoms with E-state index in [2.05, 4.69) is 4.74 Å². The average molecular weight is 281 g/mol. The average Bonchev–Trinajstić information content (AvgIpc) is 2.88. The number of ether oxygens (including phenoxy) is 1. The van der Waals surface area contributed by atoms with Crippen LogP contribution in [0.25, 0.3) is 0 Å². The molecule has 0 aromatic heterocycles. The Kier molecular flexibility index (Phi) is 3.61. The molecule has 0 aliphatic carbocycles. The first-order chi connectivity index (χ1) is 8.96. The maximum Gasteiger partial charge on any atom is 0.355 e. The minimum Gasteiger partial charge on any atom is -0.464 e. The number of carbonyl (C=O) groups excluding carboxylic acids is 1. The third-order valence-electron chi connectivity index (χ3n) is 2.94. The number of hydrogen-bond acceptors (Lipinski definition) is 4. The van der Waals surface area contributed by atoms with Gasteiger partial charge in [0.15, 0.2) is 0 Å². The van der Waals surface area contributed by atoms with Crippen LogP contribution in [0.4, 0.5) is 0 Å². The van der Waals surface area contributed by atoms with E-state index in [-0.39, 0.29) is 17.1 Å². The summed E-state index contributed by atoms with van der Waals surface area (Å²) >= 11 is 0. The fourth-order valence-electron chi connectivity index (χ4n) is 1.92. The summed E-state index contributed by atoms with van der Waals surface area (Å²) < 4.78 is 30.6. The molecular formula is C13H15NO4S. The molecule has 0 atom stereocenters. The first-order valence-corrected chi connectivity index (χ1v) is 7.28. The molecule has 0 radical (unpaired) electrons. The standard InChI is InChI=1S/C13H15NO4S/c1-10-5-7-11(8-6-10)19(16,17)14-9-3-4-12(14)13(15)18-2/h4-8H,3,9H2,1-2H3. The number of methoxy groups -OCH3 is 1. The molecule has 102 valence electrons. The van der Waals surface area contributed by atoms with Crippen molar-refractivity contribution >= 4 is 16.0 Å². The predicted octanol–water partition coefficient (Wildman–Crippen LogP) is 1.45. The molecular weight excluding hydrogens is 266 g/mol. The largest absolute Gasteiger partial charge is 0.464 e. The Balaban J connectivity index is 2.38. The van der Waals surface area contributed by atoms with Crippen molar-refractivity contribution in [3.63, 3.8) is 0 Å². The first kappa shape index (κ1) is 13.6. The second kappa shape index (κ2) is 5.05. The molecule has 1 aliphatic rings. The topological polar surface area (TPSA) is 63.7 Å². The van der Waals surface area contributed by atoms with E-state index >= 15 is 0 Å². The van der Waals surface area contributed by atoms with E-state index in [1.807, 2.05) is 6.92 Å². The van der Waals surface area contributed by atoms with Gasteiger partial charge >= 0.3 is 5.97 Å². The third-order valence-corrected chi connectivity index (χ3v) is 4.77. The predicted molar refractivity (Wildman–Crippen MR) is 69.8 cm³/mol. The van der Waals surface area contributed by atoms with Crippen molar-refractivity contribution in [3.8, 4) is 0 Å². The van der Waals surface area contributed by atoms with Gasteiger partial charge in [-0.1, -0.05) is 23.8 Å². The van der Waals surface area contributed by atoms with Crippen LogP contribution in [-0.2, 0) is 19.6 Å². The SMILES string of the molecule is COC(=O)C1=CCCN1S(=O)(=O)c1ccc(C)cc1. The van der Waals surface area contributed by atoms with Gasteiger partial charge in [-0.2, -0.15) is 0 Å². The molecule has 2 rings (SSSR count). The van der Waals surface area contributed by atoms with Crippen LogP contribution in [0.2, 0.25) is 0 Å². The molecule has 0 amide bonds. The Morgan fingerprint density at radius 2 is 1.89 bits per heavy atom. The van der Waals surface area contributed by atoms with Crippen LogP contribution in [0.5, 0.6) is 0 Å². The van der Waals surface area contributed by atoms with Gasteiger partial charge in [-0.3, -0.25) is 4.31 Å². The van der Waals surface area contributed by atoms with Crippen LogP contribution in [0.1, 0.15) is 12.0 Å². The molecule has 1 aromatic carbocycles. The molecule has 6 heteroatoms. The van der Waals surface area contributed by atoms with Crippen molar-refractivity contribution in [3.05, 3.63) is 41.6 Å². The number of aryl methyl sites for hydroxylation is 1. The minimum absolute atomic E-state index is 0.0862. The molecule has 0 fully saturated rings. The van der Waals surface area contributed by atoms with Crippen LogP contribution in [0, 0.1) is 6.92 Å². The minimum atomic E-state index is -3.70. The lowest BCUT2D eigenvalue weighted by Crippen LogP contribution is -2.31. The van der Waals surface area contributed by atoms with Gasteiger partial charge < -0.3 is 4.74 Å². The monoisotopic (exact) mass is 281 g/mol. The number of benzene rings is 1. The van der Waals surface area contributed by atoms with Gasteiger partial charge in [0.05, 0.1) is 12.0 Å². The van der Waals surface area contributed by atoms with Gasteiger partial charge in [0.2, 0.25) is 0 Å². The summed E-state index contributed by atoms with van der Waals surface area (Å²) in [4.78, 5) is 11.7. The summed E-state index contributed by atoms with van der Waals surface area (Å²) in [7, 11) is -2.46. The zero-order chi connectivity index (χ0) is 14.0. The lowest BCUT2D eigenvalue weighted by atomic mass is 10.2. The van der Waals surface area contributed by atoms with E-state index in [1.165, 1.54) is 19.2 Å². The lowest BCUT2D eigenvalue weighted by molar-refractivity contribution is -0.137. The van der Waals surface area contributed by atoms with E-state index in [9.17, 15) is 13.2 Å². The molecule has 1 aromatic rings. The molecule has 1 aliphatic heterocycles. The molecule has 0 saturated carbocycles. The summed E-state index contributed by atoms with van der Waals surface area (Å²) in [5.74, 6) is -0.631. The van der Waals surface area contributed by atoms with Crippen molar-refractivity contribution in [2.75, 3.05) is 13.7 Å². The number of sulfonamides is 1. The molecule has 0 spiro atoms. The summed E-state index contributed by atoms with van der Waals surface area (Å²) in [5.41, 5.74) is 1.06. The van der Waals surface area contributed by atoms with Gasteiger partial charge in [-0.25, -0.2) is 13.2 Å². The van der Waals surface area contributed by atoms with Gasteiger partial charge in [-0.05, 0) is 25.5 Å². The molecule has 19 heavy (non-hydrogen) atoms. The van der Waals surface area contributed by atoms with E-state index in [0.29, 0.717) is 6.42 Å². The summed E-state index contributed by atoms with van der Waals surface area (Å²) in [6.45, 7) is 2.15. The van der Waals surface area contributed by atoms with Crippen LogP contribution in [0.15, 0.2) is 40.9 Å². The quantitative estimate of drug-likeness (QED) is 0.787. The number of carbonyl (C=O) groups is 1. The molecule has 0 unspecified atom stereocenters. The molecule has 0 saturated heterocycles. The number of rotatable bonds is 3. The Labute approximate surface area is 112 Å². The Hall–Kier alpha value is -1.82. The second-order valence-corrected chi connectivity index (χ2v) is 6.12. The highest BCUT2D eigenvalue weighted by molar-refractivity contribution is 7.89. The Morgan fingerprint density at radius 1 is 1.26 bits per heavy atom. The smallest absolute Gasteiger partial charge is 0.355 e. The fourth-order valence-corrected chi connectivity index (χ4v) is 3.41. The normalized spacial score (nSPS) is 15.3.